The van der Waals surface area contributed by atoms with Gasteiger partial charge in [0.25, 0.3) is 0 Å². The van der Waals surface area contributed by atoms with Gasteiger partial charge in [0.15, 0.2) is 0 Å². The standard InChI is InChI=1S/C14H18N2S/c1-9-5-6-13-14(10(9)2)16(4)11(3)12(17-13)7-8-15/h5-6,11-12H,7H2,1-4H3. The van der Waals surface area contributed by atoms with Gasteiger partial charge < -0.3 is 4.90 Å². The zero-order chi connectivity index (χ0) is 12.6. The van der Waals surface area contributed by atoms with Gasteiger partial charge in [0.05, 0.1) is 11.8 Å². The van der Waals surface area contributed by atoms with Gasteiger partial charge in [0, 0.05) is 29.7 Å². The van der Waals surface area contributed by atoms with Crippen LogP contribution >= 0.6 is 11.8 Å². The molecular weight excluding hydrogens is 228 g/mol. The molecule has 1 heterocycles. The molecule has 17 heavy (non-hydrogen) atoms. The summed E-state index contributed by atoms with van der Waals surface area (Å²) < 4.78 is 0. The highest BCUT2D eigenvalue weighted by Crippen LogP contribution is 2.44. The summed E-state index contributed by atoms with van der Waals surface area (Å²) in [5.74, 6) is 0. The highest BCUT2D eigenvalue weighted by molar-refractivity contribution is 8.00. The molecule has 2 atom stereocenters. The molecule has 1 aliphatic heterocycles. The average molecular weight is 246 g/mol. The van der Waals surface area contributed by atoms with Crippen molar-refractivity contribution in [1.82, 2.24) is 0 Å². The van der Waals surface area contributed by atoms with Crippen LogP contribution in [0.2, 0.25) is 0 Å². The lowest BCUT2D eigenvalue weighted by molar-refractivity contribution is 0.637. The van der Waals surface area contributed by atoms with E-state index < -0.39 is 0 Å². The molecule has 1 aromatic rings. The van der Waals surface area contributed by atoms with Crippen LogP contribution in [0.15, 0.2) is 17.0 Å². The van der Waals surface area contributed by atoms with Crippen LogP contribution in [0.5, 0.6) is 0 Å². The number of nitrogens with zero attached hydrogens (tertiary/aromatic N) is 2. The Morgan fingerprint density at radius 3 is 2.76 bits per heavy atom. The van der Waals surface area contributed by atoms with Crippen molar-refractivity contribution < 1.29 is 0 Å². The van der Waals surface area contributed by atoms with E-state index in [0.717, 1.165) is 0 Å². The van der Waals surface area contributed by atoms with E-state index in [-0.39, 0.29) is 0 Å². The van der Waals surface area contributed by atoms with Gasteiger partial charge in [0.1, 0.15) is 0 Å². The van der Waals surface area contributed by atoms with Crippen molar-refractivity contribution in [2.45, 2.75) is 43.4 Å². The summed E-state index contributed by atoms with van der Waals surface area (Å²) >= 11 is 1.85. The molecule has 0 amide bonds. The Balaban J connectivity index is 2.46. The highest BCUT2D eigenvalue weighted by atomic mass is 32.2. The number of rotatable bonds is 1. The van der Waals surface area contributed by atoms with Crippen LogP contribution in [0.4, 0.5) is 5.69 Å². The van der Waals surface area contributed by atoms with Crippen LogP contribution in [0, 0.1) is 25.2 Å². The number of nitriles is 1. The minimum atomic E-state index is 0.375. The summed E-state index contributed by atoms with van der Waals surface area (Å²) in [5.41, 5.74) is 4.04. The van der Waals surface area contributed by atoms with Crippen LogP contribution in [-0.2, 0) is 0 Å². The molecule has 0 N–H and O–H groups in total. The smallest absolute Gasteiger partial charge is 0.0634 e. The van der Waals surface area contributed by atoms with E-state index in [1.165, 1.54) is 21.7 Å². The fourth-order valence-corrected chi connectivity index (χ4v) is 3.75. The van der Waals surface area contributed by atoms with Crippen LogP contribution < -0.4 is 4.90 Å². The van der Waals surface area contributed by atoms with E-state index >= 15 is 0 Å². The Morgan fingerprint density at radius 2 is 2.12 bits per heavy atom. The zero-order valence-corrected chi connectivity index (χ0v) is 11.6. The maximum Gasteiger partial charge on any atom is 0.0634 e. The molecule has 3 heteroatoms. The first-order valence-corrected chi connectivity index (χ1v) is 6.81. The van der Waals surface area contributed by atoms with E-state index in [2.05, 4.69) is 50.9 Å². The quantitative estimate of drug-likeness (QED) is 0.758. The molecule has 2 nitrogen and oxygen atoms in total. The fourth-order valence-electron chi connectivity index (χ4n) is 2.33. The van der Waals surface area contributed by atoms with E-state index in [1.54, 1.807) is 0 Å². The third-order valence-electron chi connectivity index (χ3n) is 3.74. The van der Waals surface area contributed by atoms with E-state index in [9.17, 15) is 0 Å². The number of thioether (sulfide) groups is 1. The van der Waals surface area contributed by atoms with Gasteiger partial charge >= 0.3 is 0 Å². The molecule has 2 rings (SSSR count). The summed E-state index contributed by atoms with van der Waals surface area (Å²) in [6.45, 7) is 6.54. The molecule has 90 valence electrons. The second-order valence-electron chi connectivity index (χ2n) is 4.72. The molecule has 0 aliphatic carbocycles. The van der Waals surface area contributed by atoms with Crippen molar-refractivity contribution in [1.29, 1.82) is 5.26 Å². The summed E-state index contributed by atoms with van der Waals surface area (Å²) in [6, 6.07) is 7.07. The topological polar surface area (TPSA) is 27.0 Å². The molecular formula is C14H18N2S. The first kappa shape index (κ1) is 12.3. The molecule has 0 spiro atoms. The van der Waals surface area contributed by atoms with Crippen LogP contribution in [0.25, 0.3) is 0 Å². The minimum Gasteiger partial charge on any atom is -0.370 e. The monoisotopic (exact) mass is 246 g/mol. The first-order valence-electron chi connectivity index (χ1n) is 5.93. The van der Waals surface area contributed by atoms with Gasteiger partial charge in [-0.3, -0.25) is 0 Å². The van der Waals surface area contributed by atoms with Crippen molar-refractivity contribution in [3.8, 4) is 6.07 Å². The normalized spacial score (nSPS) is 23.1. The first-order chi connectivity index (χ1) is 8.06. The number of aryl methyl sites for hydroxylation is 1. The average Bonchev–Trinajstić information content (AvgIpc) is 2.30. The Kier molecular flexibility index (Phi) is 3.35. The Hall–Kier alpha value is -1.14. The number of hydrogen-bond donors (Lipinski definition) is 0. The molecule has 0 saturated carbocycles. The van der Waals surface area contributed by atoms with Crippen LogP contribution in [0.1, 0.15) is 24.5 Å². The number of benzene rings is 1. The van der Waals surface area contributed by atoms with Crippen molar-refractivity contribution >= 4 is 17.4 Å². The third kappa shape index (κ3) is 2.02. The largest absolute Gasteiger partial charge is 0.370 e. The van der Waals surface area contributed by atoms with Crippen molar-refractivity contribution in [2.24, 2.45) is 0 Å². The van der Waals surface area contributed by atoms with E-state index in [4.69, 9.17) is 5.26 Å². The van der Waals surface area contributed by atoms with Gasteiger partial charge in [-0.05, 0) is 38.0 Å². The van der Waals surface area contributed by atoms with Crippen molar-refractivity contribution in [2.75, 3.05) is 11.9 Å². The lowest BCUT2D eigenvalue weighted by Gasteiger charge is -2.39. The maximum absolute atomic E-state index is 8.89. The predicted octanol–water partition coefficient (Wildman–Crippen LogP) is 3.52. The Labute approximate surface area is 108 Å². The summed E-state index contributed by atoms with van der Waals surface area (Å²) in [4.78, 5) is 3.64. The van der Waals surface area contributed by atoms with Crippen molar-refractivity contribution in [3.63, 3.8) is 0 Å². The highest BCUT2D eigenvalue weighted by Gasteiger charge is 2.30. The van der Waals surface area contributed by atoms with Gasteiger partial charge in [-0.25, -0.2) is 0 Å². The van der Waals surface area contributed by atoms with E-state index in [1.807, 2.05) is 11.8 Å². The zero-order valence-electron chi connectivity index (χ0n) is 10.8. The third-order valence-corrected chi connectivity index (χ3v) is 5.18. The molecule has 0 aromatic heterocycles. The summed E-state index contributed by atoms with van der Waals surface area (Å²) in [6.07, 6.45) is 0.614. The van der Waals surface area contributed by atoms with Crippen molar-refractivity contribution in [3.05, 3.63) is 23.3 Å². The second-order valence-corrected chi connectivity index (χ2v) is 6.01. The molecule has 1 aliphatic rings. The van der Waals surface area contributed by atoms with Crippen LogP contribution in [-0.4, -0.2) is 18.3 Å². The number of hydrogen-bond acceptors (Lipinski definition) is 3. The Bertz CT molecular complexity index is 476. The van der Waals surface area contributed by atoms with Gasteiger partial charge in [-0.15, -0.1) is 11.8 Å². The second kappa shape index (κ2) is 4.62. The summed E-state index contributed by atoms with van der Waals surface area (Å²) in [7, 11) is 2.14. The molecule has 0 radical (unpaired) electrons. The SMILES string of the molecule is Cc1ccc2c(c1C)N(C)C(C)C(CC#N)S2. The van der Waals surface area contributed by atoms with Gasteiger partial charge in [0.2, 0.25) is 0 Å². The Morgan fingerprint density at radius 1 is 1.41 bits per heavy atom. The summed E-state index contributed by atoms with van der Waals surface area (Å²) in [5, 5.41) is 9.26. The minimum absolute atomic E-state index is 0.375. The number of anilines is 1. The molecule has 1 aromatic carbocycles. The lowest BCUT2D eigenvalue weighted by atomic mass is 10.0. The molecule has 0 bridgehead atoms. The van der Waals surface area contributed by atoms with Crippen LogP contribution in [0.3, 0.4) is 0 Å². The van der Waals surface area contributed by atoms with E-state index in [0.29, 0.717) is 17.7 Å². The molecule has 0 saturated heterocycles. The lowest BCUT2D eigenvalue weighted by Crippen LogP contribution is -2.40. The van der Waals surface area contributed by atoms with Gasteiger partial charge in [-0.1, -0.05) is 6.07 Å². The number of fused-ring (bicyclic) bond motifs is 1. The van der Waals surface area contributed by atoms with Gasteiger partial charge in [-0.2, -0.15) is 5.26 Å². The molecule has 0 fully saturated rings. The molecule has 2 unspecified atom stereocenters. The maximum atomic E-state index is 8.89. The fraction of sp³-hybridized carbons (Fsp3) is 0.500. The predicted molar refractivity (Wildman–Crippen MR) is 73.7 cm³/mol.